The molecule has 0 aliphatic rings. The van der Waals surface area contributed by atoms with Gasteiger partial charge in [0.15, 0.2) is 0 Å². The number of nitrogens with one attached hydrogen (secondary N) is 2. The van der Waals surface area contributed by atoms with Gasteiger partial charge in [-0.05, 0) is 22.8 Å². The van der Waals surface area contributed by atoms with Crippen LogP contribution in [0.1, 0.15) is 16.7 Å². The first-order chi connectivity index (χ1) is 14.5. The quantitative estimate of drug-likeness (QED) is 0.190. The second kappa shape index (κ2) is 10.1. The number of hydrogen-bond acceptors (Lipinski definition) is 5. The highest BCUT2D eigenvalue weighted by molar-refractivity contribution is 7.13. The summed E-state index contributed by atoms with van der Waals surface area (Å²) in [5.41, 5.74) is 2.09. The molecule has 0 aliphatic heterocycles. The Morgan fingerprint density at radius 3 is 1.83 bits per heavy atom. The average molecular weight is 421 g/mol. The van der Waals surface area contributed by atoms with Gasteiger partial charge in [-0.2, -0.15) is 0 Å². The third kappa shape index (κ3) is 5.86. The van der Waals surface area contributed by atoms with Crippen molar-refractivity contribution in [2.24, 2.45) is 0 Å². The summed E-state index contributed by atoms with van der Waals surface area (Å²) < 4.78 is 0. The summed E-state index contributed by atoms with van der Waals surface area (Å²) in [5.74, 6) is -1.11. The number of carbonyl (C=O) groups is 2. The molecular formula is C22H19N3O4S. The molecule has 0 radical (unpaired) electrons. The number of thiophene rings is 1. The Morgan fingerprint density at radius 2 is 1.40 bits per heavy atom. The summed E-state index contributed by atoms with van der Waals surface area (Å²) in [4.78, 5) is 35.9. The molecular weight excluding hydrogens is 402 g/mol. The Bertz CT molecular complexity index is 1000. The summed E-state index contributed by atoms with van der Waals surface area (Å²) in [6, 6.07) is 20.0. The molecule has 2 N–H and O–H groups in total. The molecule has 3 rings (SSSR count). The van der Waals surface area contributed by atoms with E-state index in [0.29, 0.717) is 5.56 Å². The van der Waals surface area contributed by atoms with Gasteiger partial charge < -0.3 is 10.6 Å². The lowest BCUT2D eigenvalue weighted by molar-refractivity contribution is -0.380. The lowest BCUT2D eigenvalue weighted by Gasteiger charge is -2.10. The van der Waals surface area contributed by atoms with Crippen LogP contribution in [0.25, 0.3) is 6.08 Å². The van der Waals surface area contributed by atoms with Crippen LogP contribution in [-0.2, 0) is 22.7 Å². The van der Waals surface area contributed by atoms with Crippen LogP contribution in [0.3, 0.4) is 0 Å². The smallest absolute Gasteiger partial charge is 0.324 e. The third-order valence-corrected chi connectivity index (χ3v) is 5.08. The van der Waals surface area contributed by atoms with Crippen LogP contribution >= 0.6 is 11.3 Å². The summed E-state index contributed by atoms with van der Waals surface area (Å²) in [6.07, 6.45) is 1.37. The first-order valence-corrected chi connectivity index (χ1v) is 10.00. The fourth-order valence-electron chi connectivity index (χ4n) is 2.66. The number of benzene rings is 2. The molecule has 8 heteroatoms. The summed E-state index contributed by atoms with van der Waals surface area (Å²) in [6.45, 7) is 0.513. The van der Waals surface area contributed by atoms with Gasteiger partial charge in [0.2, 0.25) is 0 Å². The molecule has 0 fully saturated rings. The first-order valence-electron chi connectivity index (χ1n) is 9.12. The van der Waals surface area contributed by atoms with Crippen molar-refractivity contribution in [3.05, 3.63) is 104 Å². The monoisotopic (exact) mass is 421 g/mol. The number of nitrogens with zero attached hydrogens (tertiary/aromatic N) is 1. The van der Waals surface area contributed by atoms with Crippen molar-refractivity contribution in [3.63, 3.8) is 0 Å². The fraction of sp³-hybridized carbons (Fsp3) is 0.0909. The minimum atomic E-state index is -0.557. The zero-order valence-corrected chi connectivity index (χ0v) is 16.7. The average Bonchev–Trinajstić information content (AvgIpc) is 3.25. The van der Waals surface area contributed by atoms with Gasteiger partial charge in [-0.3, -0.25) is 19.7 Å². The molecule has 0 bridgehead atoms. The maximum atomic E-state index is 12.7. The highest BCUT2D eigenvalue weighted by Crippen LogP contribution is 2.24. The van der Waals surface area contributed by atoms with Crippen molar-refractivity contribution in [2.45, 2.75) is 13.1 Å². The van der Waals surface area contributed by atoms with E-state index >= 15 is 0 Å². The van der Waals surface area contributed by atoms with E-state index in [2.05, 4.69) is 10.6 Å². The molecule has 3 aromatic rings. The zero-order valence-electron chi connectivity index (χ0n) is 15.9. The molecule has 2 aromatic carbocycles. The fourth-order valence-corrected chi connectivity index (χ4v) is 3.34. The Kier molecular flexibility index (Phi) is 7.07. The second-order valence-corrected chi connectivity index (χ2v) is 7.26. The van der Waals surface area contributed by atoms with Crippen molar-refractivity contribution in [3.8, 4) is 0 Å². The van der Waals surface area contributed by atoms with Gasteiger partial charge >= 0.3 is 5.00 Å². The Labute approximate surface area is 177 Å². The van der Waals surface area contributed by atoms with E-state index in [9.17, 15) is 19.7 Å². The van der Waals surface area contributed by atoms with E-state index in [-0.39, 0.29) is 23.7 Å². The zero-order chi connectivity index (χ0) is 21.3. The molecule has 1 aromatic heterocycles. The molecule has 0 saturated carbocycles. The van der Waals surface area contributed by atoms with E-state index in [4.69, 9.17) is 0 Å². The van der Waals surface area contributed by atoms with Crippen LogP contribution in [0.4, 0.5) is 5.00 Å². The Balaban J connectivity index is 1.77. The van der Waals surface area contributed by atoms with Crippen LogP contribution < -0.4 is 10.6 Å². The van der Waals surface area contributed by atoms with Gasteiger partial charge in [0.25, 0.3) is 11.8 Å². The number of carbonyl (C=O) groups excluding carboxylic acids is 2. The molecule has 0 unspecified atom stereocenters. The molecule has 0 aliphatic carbocycles. The van der Waals surface area contributed by atoms with Crippen LogP contribution in [0, 0.1) is 10.1 Å². The van der Waals surface area contributed by atoms with Gasteiger partial charge in [0, 0.05) is 24.5 Å². The molecule has 0 atom stereocenters. The lowest BCUT2D eigenvalue weighted by atomic mass is 10.1. The SMILES string of the molecule is O=C(NCc1ccccc1)C(=Cc1csc([N+](=O)[O-])c1)C(=O)NCc1ccccc1. The number of nitro groups is 1. The molecule has 1 heterocycles. The van der Waals surface area contributed by atoms with E-state index in [1.165, 1.54) is 17.5 Å². The normalized spacial score (nSPS) is 10.1. The maximum absolute atomic E-state index is 12.7. The molecule has 0 saturated heterocycles. The standard InChI is InChI=1S/C22H19N3O4S/c26-21(23-13-16-7-3-1-4-8-16)19(11-18-12-20(25(28)29)30-15-18)22(27)24-14-17-9-5-2-6-10-17/h1-12,15H,13-14H2,(H,23,26)(H,24,27). The van der Waals surface area contributed by atoms with E-state index < -0.39 is 16.7 Å². The molecule has 7 nitrogen and oxygen atoms in total. The van der Waals surface area contributed by atoms with Crippen LogP contribution in [0.15, 0.2) is 77.7 Å². The van der Waals surface area contributed by atoms with Crippen molar-refractivity contribution < 1.29 is 14.5 Å². The molecule has 152 valence electrons. The van der Waals surface area contributed by atoms with Crippen molar-refractivity contribution in [1.29, 1.82) is 0 Å². The van der Waals surface area contributed by atoms with Gasteiger partial charge in [-0.1, -0.05) is 72.0 Å². The summed E-state index contributed by atoms with van der Waals surface area (Å²) >= 11 is 0.936. The second-order valence-electron chi connectivity index (χ2n) is 6.37. The number of hydrogen-bond donors (Lipinski definition) is 2. The predicted molar refractivity (Wildman–Crippen MR) is 116 cm³/mol. The minimum Gasteiger partial charge on any atom is -0.348 e. The van der Waals surface area contributed by atoms with Gasteiger partial charge in [-0.15, -0.1) is 0 Å². The molecule has 0 spiro atoms. The minimum absolute atomic E-state index is 0.0602. The van der Waals surface area contributed by atoms with Crippen molar-refractivity contribution in [1.82, 2.24) is 10.6 Å². The molecule has 2 amide bonds. The largest absolute Gasteiger partial charge is 0.348 e. The summed E-state index contributed by atoms with van der Waals surface area (Å²) in [7, 11) is 0. The Hall–Kier alpha value is -3.78. The van der Waals surface area contributed by atoms with Crippen LogP contribution in [0.2, 0.25) is 0 Å². The molecule has 30 heavy (non-hydrogen) atoms. The highest BCUT2D eigenvalue weighted by atomic mass is 32.1. The maximum Gasteiger partial charge on any atom is 0.324 e. The van der Waals surface area contributed by atoms with Crippen molar-refractivity contribution in [2.75, 3.05) is 0 Å². The number of rotatable bonds is 8. The van der Waals surface area contributed by atoms with Crippen LogP contribution in [0.5, 0.6) is 0 Å². The Morgan fingerprint density at radius 1 is 0.900 bits per heavy atom. The highest BCUT2D eigenvalue weighted by Gasteiger charge is 2.19. The predicted octanol–water partition coefficient (Wildman–Crippen LogP) is 3.67. The first kappa shape index (κ1) is 20.9. The topological polar surface area (TPSA) is 101 Å². The van der Waals surface area contributed by atoms with E-state index in [1.54, 1.807) is 0 Å². The third-order valence-electron chi connectivity index (χ3n) is 4.18. The van der Waals surface area contributed by atoms with E-state index in [0.717, 1.165) is 22.5 Å². The number of amides is 2. The van der Waals surface area contributed by atoms with Crippen molar-refractivity contribution >= 4 is 34.2 Å². The van der Waals surface area contributed by atoms with Gasteiger partial charge in [0.1, 0.15) is 5.57 Å². The summed E-state index contributed by atoms with van der Waals surface area (Å²) in [5, 5.41) is 17.9. The van der Waals surface area contributed by atoms with E-state index in [1.807, 2.05) is 60.7 Å². The van der Waals surface area contributed by atoms with Gasteiger partial charge in [0.05, 0.1) is 4.92 Å². The lowest BCUT2D eigenvalue weighted by Crippen LogP contribution is -2.34. The van der Waals surface area contributed by atoms with Crippen LogP contribution in [-0.4, -0.2) is 16.7 Å². The van der Waals surface area contributed by atoms with Gasteiger partial charge in [-0.25, -0.2) is 0 Å².